The van der Waals surface area contributed by atoms with Gasteiger partial charge in [0.1, 0.15) is 0 Å². The molecule has 0 bridgehead atoms. The van der Waals surface area contributed by atoms with Gasteiger partial charge >= 0.3 is 0 Å². The average molecular weight is 273 g/mol. The van der Waals surface area contributed by atoms with Crippen molar-refractivity contribution in [1.82, 2.24) is 10.2 Å². The average Bonchev–Trinajstić information content (AvgIpc) is 2.99. The summed E-state index contributed by atoms with van der Waals surface area (Å²) in [6.07, 6.45) is 2.15. The highest BCUT2D eigenvalue weighted by Crippen LogP contribution is 2.32. The summed E-state index contributed by atoms with van der Waals surface area (Å²) in [4.78, 5) is 14.0. The number of rotatable bonds is 5. The van der Waals surface area contributed by atoms with Gasteiger partial charge in [-0.25, -0.2) is 0 Å². The van der Waals surface area contributed by atoms with E-state index in [1.165, 1.54) is 5.56 Å². The number of benzene rings is 1. The minimum absolute atomic E-state index is 0.0641. The van der Waals surface area contributed by atoms with E-state index in [1.807, 2.05) is 6.07 Å². The molecule has 0 aliphatic carbocycles. The predicted molar refractivity (Wildman–Crippen MR) is 79.2 cm³/mol. The van der Waals surface area contributed by atoms with Crippen LogP contribution < -0.4 is 11.1 Å². The smallest absolute Gasteiger partial charge is 0.235 e. The van der Waals surface area contributed by atoms with Crippen LogP contribution >= 0.6 is 0 Å². The third-order valence-electron chi connectivity index (χ3n) is 4.71. The monoisotopic (exact) mass is 273 g/mol. The second-order valence-electron chi connectivity index (χ2n) is 6.01. The summed E-state index contributed by atoms with van der Waals surface area (Å²) < 4.78 is 0. The molecule has 2 heterocycles. The van der Waals surface area contributed by atoms with Crippen LogP contribution in [-0.4, -0.2) is 43.0 Å². The summed E-state index contributed by atoms with van der Waals surface area (Å²) in [6.45, 7) is 3.95. The van der Waals surface area contributed by atoms with Crippen molar-refractivity contribution in [1.29, 1.82) is 0 Å². The van der Waals surface area contributed by atoms with Crippen molar-refractivity contribution in [3.8, 4) is 0 Å². The number of carbonyl (C=O) groups is 1. The molecule has 0 saturated carbocycles. The summed E-state index contributed by atoms with van der Waals surface area (Å²) in [5, 5.41) is 3.38. The Hall–Kier alpha value is -1.39. The Morgan fingerprint density at radius 2 is 2.10 bits per heavy atom. The Morgan fingerprint density at radius 3 is 2.85 bits per heavy atom. The number of amides is 1. The molecule has 0 radical (unpaired) electrons. The zero-order valence-electron chi connectivity index (χ0n) is 11.8. The van der Waals surface area contributed by atoms with Crippen LogP contribution in [0.1, 0.15) is 12.0 Å². The minimum Gasteiger partial charge on any atom is -0.368 e. The molecule has 0 aromatic heterocycles. The zero-order chi connectivity index (χ0) is 13.9. The summed E-state index contributed by atoms with van der Waals surface area (Å²) in [5.41, 5.74) is 6.98. The molecule has 2 fully saturated rings. The Balaban J connectivity index is 1.55. The molecular formula is C16H23N3O. The Kier molecular flexibility index (Phi) is 4.03. The molecule has 1 amide bonds. The molecule has 3 N–H and O–H groups in total. The molecule has 1 aromatic carbocycles. The molecule has 3 rings (SSSR count). The van der Waals surface area contributed by atoms with Gasteiger partial charge in [-0.05, 0) is 37.4 Å². The van der Waals surface area contributed by atoms with Crippen LogP contribution in [0.15, 0.2) is 30.3 Å². The van der Waals surface area contributed by atoms with Crippen LogP contribution in [0, 0.1) is 11.8 Å². The first kappa shape index (κ1) is 13.6. The lowest BCUT2D eigenvalue weighted by molar-refractivity contribution is -0.123. The van der Waals surface area contributed by atoms with Gasteiger partial charge in [-0.15, -0.1) is 0 Å². The van der Waals surface area contributed by atoms with Crippen LogP contribution in [0.25, 0.3) is 0 Å². The normalized spacial score (nSPS) is 29.5. The van der Waals surface area contributed by atoms with Crippen LogP contribution in [0.4, 0.5) is 0 Å². The predicted octanol–water partition coefficient (Wildman–Crippen LogP) is 0.624. The quantitative estimate of drug-likeness (QED) is 0.827. The highest BCUT2D eigenvalue weighted by atomic mass is 16.1. The van der Waals surface area contributed by atoms with Gasteiger partial charge in [0.2, 0.25) is 5.91 Å². The fourth-order valence-corrected chi connectivity index (χ4v) is 3.76. The molecule has 108 valence electrons. The van der Waals surface area contributed by atoms with Crippen molar-refractivity contribution in [3.63, 3.8) is 0 Å². The summed E-state index contributed by atoms with van der Waals surface area (Å²) in [7, 11) is 0. The van der Waals surface area contributed by atoms with E-state index in [1.54, 1.807) is 0 Å². The maximum absolute atomic E-state index is 11.7. The van der Waals surface area contributed by atoms with Crippen LogP contribution in [0.3, 0.4) is 0 Å². The third-order valence-corrected chi connectivity index (χ3v) is 4.71. The second-order valence-corrected chi connectivity index (χ2v) is 6.01. The number of hydrogen-bond acceptors (Lipinski definition) is 3. The van der Waals surface area contributed by atoms with Crippen molar-refractivity contribution >= 4 is 5.91 Å². The number of nitrogens with two attached hydrogens (primary N) is 1. The van der Waals surface area contributed by atoms with Crippen molar-refractivity contribution < 1.29 is 4.79 Å². The maximum atomic E-state index is 11.7. The van der Waals surface area contributed by atoms with Gasteiger partial charge in [-0.3, -0.25) is 9.69 Å². The van der Waals surface area contributed by atoms with Crippen molar-refractivity contribution in [2.75, 3.05) is 26.2 Å². The summed E-state index contributed by atoms with van der Waals surface area (Å²) in [6, 6.07) is 10.5. The van der Waals surface area contributed by atoms with Gasteiger partial charge in [-0.1, -0.05) is 30.3 Å². The van der Waals surface area contributed by atoms with Gasteiger partial charge in [0.15, 0.2) is 0 Å². The molecule has 0 spiro atoms. The number of hydrogen-bond donors (Lipinski definition) is 2. The van der Waals surface area contributed by atoms with E-state index in [9.17, 15) is 4.79 Å². The largest absolute Gasteiger partial charge is 0.368 e. The molecule has 20 heavy (non-hydrogen) atoms. The lowest BCUT2D eigenvalue weighted by Gasteiger charge is -2.24. The molecule has 4 heteroatoms. The number of carbonyl (C=O) groups excluding carboxylic acids is 1. The SMILES string of the molecule is NC(=O)C1C2CNCC2CN1CCCc1ccccc1. The molecule has 3 atom stereocenters. The van der Waals surface area contributed by atoms with E-state index in [2.05, 4.69) is 34.5 Å². The summed E-state index contributed by atoms with van der Waals surface area (Å²) in [5.74, 6) is 0.870. The first-order valence-electron chi connectivity index (χ1n) is 7.53. The van der Waals surface area contributed by atoms with Crippen molar-refractivity contribution in [2.45, 2.75) is 18.9 Å². The molecular weight excluding hydrogens is 250 g/mol. The summed E-state index contributed by atoms with van der Waals surface area (Å²) >= 11 is 0. The van der Waals surface area contributed by atoms with E-state index >= 15 is 0 Å². The Bertz CT molecular complexity index is 462. The van der Waals surface area contributed by atoms with E-state index in [-0.39, 0.29) is 11.9 Å². The maximum Gasteiger partial charge on any atom is 0.235 e. The van der Waals surface area contributed by atoms with Gasteiger partial charge in [0, 0.05) is 19.0 Å². The standard InChI is InChI=1S/C16H23N3O/c17-16(20)15-14-10-18-9-13(14)11-19(15)8-4-7-12-5-2-1-3-6-12/h1-3,5-6,13-15,18H,4,7-11H2,(H2,17,20). The van der Waals surface area contributed by atoms with E-state index in [4.69, 9.17) is 5.73 Å². The first-order valence-corrected chi connectivity index (χ1v) is 7.53. The van der Waals surface area contributed by atoms with E-state index in [0.29, 0.717) is 11.8 Å². The lowest BCUT2D eigenvalue weighted by Crippen LogP contribution is -2.45. The number of nitrogens with one attached hydrogen (secondary N) is 1. The fraction of sp³-hybridized carbons (Fsp3) is 0.562. The minimum atomic E-state index is -0.152. The fourth-order valence-electron chi connectivity index (χ4n) is 3.76. The highest BCUT2D eigenvalue weighted by Gasteiger charge is 2.46. The first-order chi connectivity index (χ1) is 9.75. The third kappa shape index (κ3) is 2.72. The molecule has 4 nitrogen and oxygen atoms in total. The molecule has 2 saturated heterocycles. The number of fused-ring (bicyclic) bond motifs is 1. The van der Waals surface area contributed by atoms with Gasteiger partial charge < -0.3 is 11.1 Å². The second kappa shape index (κ2) is 5.94. The van der Waals surface area contributed by atoms with Crippen LogP contribution in [0.2, 0.25) is 0 Å². The van der Waals surface area contributed by atoms with Gasteiger partial charge in [-0.2, -0.15) is 0 Å². The number of likely N-dealkylation sites (tertiary alicyclic amines) is 1. The van der Waals surface area contributed by atoms with E-state index < -0.39 is 0 Å². The zero-order valence-corrected chi connectivity index (χ0v) is 11.8. The molecule has 2 aliphatic rings. The van der Waals surface area contributed by atoms with Gasteiger partial charge in [0.25, 0.3) is 0 Å². The van der Waals surface area contributed by atoms with Gasteiger partial charge in [0.05, 0.1) is 6.04 Å². The molecule has 2 aliphatic heterocycles. The number of aryl methyl sites for hydroxylation is 1. The van der Waals surface area contributed by atoms with Crippen molar-refractivity contribution in [2.24, 2.45) is 17.6 Å². The molecule has 1 aromatic rings. The topological polar surface area (TPSA) is 58.4 Å². The Morgan fingerprint density at radius 1 is 1.30 bits per heavy atom. The Labute approximate surface area is 120 Å². The van der Waals surface area contributed by atoms with Crippen LogP contribution in [0.5, 0.6) is 0 Å². The van der Waals surface area contributed by atoms with E-state index in [0.717, 1.165) is 39.0 Å². The van der Waals surface area contributed by atoms with Crippen molar-refractivity contribution in [3.05, 3.63) is 35.9 Å². The number of nitrogens with zero attached hydrogens (tertiary/aromatic N) is 1. The molecule has 3 unspecified atom stereocenters. The lowest BCUT2D eigenvalue weighted by atomic mass is 9.94. The number of primary amides is 1. The highest BCUT2D eigenvalue weighted by molar-refractivity contribution is 5.80. The van der Waals surface area contributed by atoms with Crippen LogP contribution in [-0.2, 0) is 11.2 Å².